The minimum atomic E-state index is -3.85. The summed E-state index contributed by atoms with van der Waals surface area (Å²) in [5.41, 5.74) is 3.10. The smallest absolute Gasteiger partial charge is 0.270 e. The molecule has 0 saturated carbocycles. The Morgan fingerprint density at radius 1 is 1.03 bits per heavy atom. The Balaban J connectivity index is 1.57. The first-order chi connectivity index (χ1) is 17.2. The molecule has 0 spiro atoms. The first-order valence-electron chi connectivity index (χ1n) is 11.0. The Labute approximate surface area is 206 Å². The zero-order valence-electron chi connectivity index (χ0n) is 19.4. The Hall–Kier alpha value is -4.15. The fourth-order valence-electron chi connectivity index (χ4n) is 4.09. The molecule has 1 aliphatic heterocycles. The second-order valence-electron chi connectivity index (χ2n) is 8.43. The number of benzene rings is 2. The molecule has 2 aromatic carbocycles. The fourth-order valence-corrected chi connectivity index (χ4v) is 5.36. The summed E-state index contributed by atoms with van der Waals surface area (Å²) in [6.45, 7) is 3.66. The number of carbonyl (C=O) groups is 1. The van der Waals surface area contributed by atoms with Crippen molar-refractivity contribution < 1.29 is 17.6 Å². The summed E-state index contributed by atoms with van der Waals surface area (Å²) < 4.78 is 42.8. The first kappa shape index (κ1) is 23.6. The lowest BCUT2D eigenvalue weighted by molar-refractivity contribution is -0.114. The molecule has 1 radical (unpaired) electrons. The molecular weight excluding hydrogens is 481 g/mol. The number of halogens is 1. The van der Waals surface area contributed by atoms with Crippen LogP contribution in [0.5, 0.6) is 0 Å². The fraction of sp³-hybridized carbons (Fsp3) is 0.115. The number of nitrogens with one attached hydrogen (secondary N) is 2. The number of sulfonamides is 1. The molecule has 5 rings (SSSR count). The van der Waals surface area contributed by atoms with E-state index in [2.05, 4.69) is 25.3 Å². The van der Waals surface area contributed by atoms with E-state index in [1.165, 1.54) is 30.5 Å². The van der Waals surface area contributed by atoms with E-state index in [0.717, 1.165) is 11.1 Å². The number of rotatable bonds is 6. The Morgan fingerprint density at radius 2 is 1.86 bits per heavy atom. The van der Waals surface area contributed by atoms with Crippen molar-refractivity contribution in [2.75, 3.05) is 5.32 Å². The number of hydrogen-bond acceptors (Lipinski definition) is 6. The lowest BCUT2D eigenvalue weighted by atomic mass is 10.1. The monoisotopic (exact) mass is 502 g/mol. The number of anilines is 2. The maximum atomic E-state index is 13.9. The average molecular weight is 503 g/mol. The zero-order chi connectivity index (χ0) is 25.4. The minimum Gasteiger partial charge on any atom is -0.339 e. The number of hydrogen-bond donors (Lipinski definition) is 2. The predicted octanol–water partition coefficient (Wildman–Crippen LogP) is 2.27. The third kappa shape index (κ3) is 4.56. The van der Waals surface area contributed by atoms with Crippen molar-refractivity contribution in [3.63, 3.8) is 0 Å². The highest BCUT2D eigenvalue weighted by molar-refractivity contribution is 7.89. The Bertz CT molecular complexity index is 1760. The van der Waals surface area contributed by atoms with Gasteiger partial charge in [-0.2, -0.15) is 0 Å². The van der Waals surface area contributed by atoms with Gasteiger partial charge in [0.25, 0.3) is 5.91 Å². The van der Waals surface area contributed by atoms with Gasteiger partial charge in [0.2, 0.25) is 10.0 Å². The van der Waals surface area contributed by atoms with Gasteiger partial charge in [0.1, 0.15) is 11.6 Å². The van der Waals surface area contributed by atoms with Crippen molar-refractivity contribution in [1.29, 1.82) is 0 Å². The molecule has 1 aliphatic rings. The van der Waals surface area contributed by atoms with Crippen LogP contribution in [-0.2, 0) is 21.4 Å². The minimum absolute atomic E-state index is 0.0962. The molecule has 2 N–H and O–H groups in total. The standard InChI is InChI=1S/C26H21FN5O3S/c1-15-8-16(2)24(36(34,35)30-13-17-4-3-7-28-12-17)11-23(15)32-26-20-10-25(33)29-14-21(20)19-9-18(27)5-6-22(19)31-26/h3-12,14,30H,13H2,1-2H3,(H,31,32). The van der Waals surface area contributed by atoms with Gasteiger partial charge in [-0.05, 0) is 60.9 Å². The van der Waals surface area contributed by atoms with Crippen molar-refractivity contribution in [3.05, 3.63) is 87.8 Å². The molecule has 36 heavy (non-hydrogen) atoms. The highest BCUT2D eigenvalue weighted by Gasteiger charge is 2.20. The lowest BCUT2D eigenvalue weighted by Gasteiger charge is -2.16. The van der Waals surface area contributed by atoms with E-state index < -0.39 is 21.7 Å². The Kier molecular flexibility index (Phi) is 5.99. The highest BCUT2D eigenvalue weighted by Crippen LogP contribution is 2.26. The molecule has 10 heteroatoms. The van der Waals surface area contributed by atoms with Crippen LogP contribution < -0.4 is 25.8 Å². The second-order valence-corrected chi connectivity index (χ2v) is 10.2. The van der Waals surface area contributed by atoms with Gasteiger partial charge in [-0.15, -0.1) is 0 Å². The quantitative estimate of drug-likeness (QED) is 0.418. The molecule has 4 aromatic rings. The number of aryl methyl sites for hydroxylation is 2. The predicted molar refractivity (Wildman–Crippen MR) is 134 cm³/mol. The molecule has 2 aromatic heterocycles. The van der Waals surface area contributed by atoms with Gasteiger partial charge < -0.3 is 5.32 Å². The lowest BCUT2D eigenvalue weighted by Crippen LogP contribution is -2.36. The van der Waals surface area contributed by atoms with Crippen molar-refractivity contribution in [1.82, 2.24) is 20.0 Å². The van der Waals surface area contributed by atoms with Crippen LogP contribution in [0.4, 0.5) is 15.9 Å². The van der Waals surface area contributed by atoms with E-state index in [-0.39, 0.29) is 11.4 Å². The molecule has 0 bridgehead atoms. The molecule has 0 aliphatic carbocycles. The van der Waals surface area contributed by atoms with Crippen LogP contribution in [0.2, 0.25) is 0 Å². The Morgan fingerprint density at radius 3 is 2.64 bits per heavy atom. The maximum Gasteiger partial charge on any atom is 0.270 e. The number of aromatic nitrogens is 2. The third-order valence-electron chi connectivity index (χ3n) is 5.87. The molecule has 0 unspecified atom stereocenters. The summed E-state index contributed by atoms with van der Waals surface area (Å²) in [5.74, 6) is -0.561. The van der Waals surface area contributed by atoms with E-state index in [1.54, 1.807) is 43.6 Å². The number of nitrogens with zero attached hydrogens (tertiary/aromatic N) is 3. The van der Waals surface area contributed by atoms with Gasteiger partial charge in [-0.25, -0.2) is 27.8 Å². The molecule has 0 saturated heterocycles. The second kappa shape index (κ2) is 9.14. The summed E-state index contributed by atoms with van der Waals surface area (Å²) in [7, 11) is -3.85. The number of amides is 1. The number of carbonyl (C=O) groups excluding carboxylic acids is 1. The molecule has 0 fully saturated rings. The van der Waals surface area contributed by atoms with Crippen molar-refractivity contribution in [3.8, 4) is 0 Å². The SMILES string of the molecule is Cc1cc(C)c(S(=O)(=O)NCc2cccnc2)cc1Nc1nc2ccc(F)cc2c2c1=CC(=O)[N]C=2. The van der Waals surface area contributed by atoms with Crippen molar-refractivity contribution >= 4 is 50.6 Å². The largest absolute Gasteiger partial charge is 0.339 e. The summed E-state index contributed by atoms with van der Waals surface area (Å²) in [6.07, 6.45) is 5.93. The molecular formula is C26H21FN5O3S. The molecule has 181 valence electrons. The summed E-state index contributed by atoms with van der Waals surface area (Å²) in [4.78, 5) is 20.8. The van der Waals surface area contributed by atoms with Gasteiger partial charge >= 0.3 is 0 Å². The molecule has 1 amide bonds. The number of pyridine rings is 2. The van der Waals surface area contributed by atoms with Crippen LogP contribution in [0.3, 0.4) is 0 Å². The van der Waals surface area contributed by atoms with Gasteiger partial charge in [0.15, 0.2) is 0 Å². The van der Waals surface area contributed by atoms with Gasteiger partial charge in [-0.3, -0.25) is 9.78 Å². The molecule has 3 heterocycles. The maximum absolute atomic E-state index is 13.9. The van der Waals surface area contributed by atoms with Crippen LogP contribution in [-0.4, -0.2) is 24.3 Å². The van der Waals surface area contributed by atoms with E-state index in [0.29, 0.717) is 38.4 Å². The number of fused-ring (bicyclic) bond motifs is 3. The van der Waals surface area contributed by atoms with Gasteiger partial charge in [0.05, 0.1) is 10.4 Å². The summed E-state index contributed by atoms with van der Waals surface area (Å²) >= 11 is 0. The third-order valence-corrected chi connectivity index (χ3v) is 7.41. The van der Waals surface area contributed by atoms with Crippen molar-refractivity contribution in [2.24, 2.45) is 0 Å². The zero-order valence-corrected chi connectivity index (χ0v) is 20.2. The summed E-state index contributed by atoms with van der Waals surface area (Å²) in [5, 5.41) is 8.54. The van der Waals surface area contributed by atoms with E-state index in [4.69, 9.17) is 0 Å². The van der Waals surface area contributed by atoms with Crippen LogP contribution >= 0.6 is 0 Å². The van der Waals surface area contributed by atoms with Gasteiger partial charge in [0, 0.05) is 52.7 Å². The van der Waals surface area contributed by atoms with E-state index in [1.807, 2.05) is 6.92 Å². The van der Waals surface area contributed by atoms with Crippen molar-refractivity contribution in [2.45, 2.75) is 25.3 Å². The topological polar surface area (TPSA) is 115 Å². The van der Waals surface area contributed by atoms with Crippen LogP contribution in [0, 0.1) is 19.7 Å². The molecule has 8 nitrogen and oxygen atoms in total. The summed E-state index contributed by atoms with van der Waals surface area (Å²) in [6, 6.07) is 11.0. The first-order valence-corrected chi connectivity index (χ1v) is 12.5. The van der Waals surface area contributed by atoms with Crippen LogP contribution in [0.25, 0.3) is 23.2 Å². The van der Waals surface area contributed by atoms with Gasteiger partial charge in [-0.1, -0.05) is 12.1 Å². The average Bonchev–Trinajstić information content (AvgIpc) is 2.85. The molecule has 0 atom stereocenters. The van der Waals surface area contributed by atoms with E-state index >= 15 is 0 Å². The van der Waals surface area contributed by atoms with Crippen LogP contribution in [0.15, 0.2) is 59.8 Å². The highest BCUT2D eigenvalue weighted by atomic mass is 32.2. The normalized spacial score (nSPS) is 12.9. The van der Waals surface area contributed by atoms with E-state index in [9.17, 15) is 17.6 Å². The van der Waals surface area contributed by atoms with Crippen LogP contribution in [0.1, 0.15) is 16.7 Å².